The van der Waals surface area contributed by atoms with Gasteiger partial charge in [-0.15, -0.1) is 0 Å². The molecule has 0 fully saturated rings. The van der Waals surface area contributed by atoms with Crippen LogP contribution in [-0.4, -0.2) is 20.4 Å². The second-order valence-corrected chi connectivity index (χ2v) is 4.06. The number of rotatable bonds is 2. The molecular weight excluding hydrogens is 234 g/mol. The monoisotopic (exact) mass is 262 g/mol. The van der Waals surface area contributed by atoms with E-state index in [1.54, 1.807) is 7.11 Å². The number of nitrogens with one attached hydrogen (secondary N) is 1. The average Bonchev–Trinajstić information content (AvgIpc) is 2.72. The maximum Gasteiger partial charge on any atom is 0.185 e. The van der Waals surface area contributed by atoms with Crippen molar-refractivity contribution >= 4 is 0 Å². The molecule has 1 heterocycles. The molecule has 0 spiro atoms. The molecule has 0 amide bonds. The van der Waals surface area contributed by atoms with Crippen LogP contribution < -0.4 is 4.90 Å². The Hall–Kier alpha value is -1.38. The number of benzene rings is 1. The minimum absolute atomic E-state index is 0.765. The summed E-state index contributed by atoms with van der Waals surface area (Å²) >= 11 is 0. The summed E-state index contributed by atoms with van der Waals surface area (Å²) in [4.78, 5) is 1.36. The number of allylic oxidation sites excluding steroid dienone is 2. The molecule has 1 N–H and O–H groups in total. The van der Waals surface area contributed by atoms with E-state index in [0.29, 0.717) is 0 Å². The lowest BCUT2D eigenvalue weighted by Crippen LogP contribution is -3.07. The van der Waals surface area contributed by atoms with E-state index in [4.69, 9.17) is 4.74 Å². The maximum atomic E-state index is 5.01. The molecule has 1 aliphatic rings. The van der Waals surface area contributed by atoms with Gasteiger partial charge < -0.3 is 4.74 Å². The maximum absolute atomic E-state index is 5.01. The summed E-state index contributed by atoms with van der Waals surface area (Å²) in [6.45, 7) is 7.89. The molecule has 1 atom stereocenters. The zero-order valence-corrected chi connectivity index (χ0v) is 12.7. The van der Waals surface area contributed by atoms with Crippen LogP contribution in [0.25, 0.3) is 0 Å². The van der Waals surface area contributed by atoms with E-state index in [1.165, 1.54) is 10.5 Å². The standard InChI is InChI=1S/C8H13NO.C7H8.C2H6/c1-10-8-9-6-4-2-3-5-7-9;1-7-5-3-2-4-6-7;1-2/h2,4-5,7H,3,6,8H2,1H3;2-6H,1H3;1-2H3/p+1. The first kappa shape index (κ1) is 17.6. The first-order valence-electron chi connectivity index (χ1n) is 6.99. The molecule has 2 nitrogen and oxygen atoms in total. The smallest absolute Gasteiger partial charge is 0.185 e. The summed E-state index contributed by atoms with van der Waals surface area (Å²) in [6, 6.07) is 10.3. The van der Waals surface area contributed by atoms with Crippen molar-refractivity contribution in [2.45, 2.75) is 27.2 Å². The van der Waals surface area contributed by atoms with Crippen molar-refractivity contribution in [1.29, 1.82) is 0 Å². The van der Waals surface area contributed by atoms with E-state index in [1.807, 2.05) is 32.0 Å². The Balaban J connectivity index is 0.000000316. The van der Waals surface area contributed by atoms with Crippen molar-refractivity contribution in [2.75, 3.05) is 20.4 Å². The molecule has 1 aromatic carbocycles. The lowest BCUT2D eigenvalue weighted by molar-refractivity contribution is -0.862. The van der Waals surface area contributed by atoms with Gasteiger partial charge in [0.2, 0.25) is 0 Å². The molecule has 0 bridgehead atoms. The van der Waals surface area contributed by atoms with Crippen molar-refractivity contribution in [1.82, 2.24) is 0 Å². The van der Waals surface area contributed by atoms with Gasteiger partial charge in [-0.05, 0) is 25.5 Å². The number of aryl methyl sites for hydroxylation is 1. The molecule has 0 saturated heterocycles. The van der Waals surface area contributed by atoms with Crippen molar-refractivity contribution in [2.24, 2.45) is 0 Å². The first-order valence-corrected chi connectivity index (χ1v) is 6.99. The first-order chi connectivity index (χ1) is 9.33. The largest absolute Gasteiger partial charge is 0.335 e. The molecule has 0 radical (unpaired) electrons. The molecule has 1 aromatic rings. The third kappa shape index (κ3) is 10.2. The van der Waals surface area contributed by atoms with Gasteiger partial charge >= 0.3 is 0 Å². The van der Waals surface area contributed by atoms with E-state index < -0.39 is 0 Å². The molecular formula is C17H28NO+. The van der Waals surface area contributed by atoms with Crippen LogP contribution in [0, 0.1) is 6.92 Å². The van der Waals surface area contributed by atoms with E-state index >= 15 is 0 Å². The van der Waals surface area contributed by atoms with Crippen molar-refractivity contribution in [3.8, 4) is 0 Å². The Labute approximate surface area is 118 Å². The highest BCUT2D eigenvalue weighted by molar-refractivity contribution is 5.11. The quantitative estimate of drug-likeness (QED) is 0.809. The number of hydrogen-bond acceptors (Lipinski definition) is 1. The van der Waals surface area contributed by atoms with Gasteiger partial charge in [0.1, 0.15) is 6.54 Å². The molecule has 0 aromatic heterocycles. The van der Waals surface area contributed by atoms with Gasteiger partial charge in [0, 0.05) is 7.11 Å². The van der Waals surface area contributed by atoms with E-state index in [-0.39, 0.29) is 0 Å². The highest BCUT2D eigenvalue weighted by Crippen LogP contribution is 1.92. The number of ether oxygens (including phenoxy) is 1. The molecule has 1 unspecified atom stereocenters. The van der Waals surface area contributed by atoms with Crippen LogP contribution in [0.4, 0.5) is 0 Å². The van der Waals surface area contributed by atoms with Crippen LogP contribution >= 0.6 is 0 Å². The summed E-state index contributed by atoms with van der Waals surface area (Å²) in [7, 11) is 1.73. The average molecular weight is 262 g/mol. The number of hydrogen-bond donors (Lipinski definition) is 1. The minimum Gasteiger partial charge on any atom is -0.335 e. The van der Waals surface area contributed by atoms with E-state index in [9.17, 15) is 0 Å². The zero-order valence-electron chi connectivity index (χ0n) is 12.7. The van der Waals surface area contributed by atoms with Crippen LogP contribution in [0.3, 0.4) is 0 Å². The fraction of sp³-hybridized carbons (Fsp3) is 0.412. The third-order valence-corrected chi connectivity index (χ3v) is 2.44. The molecule has 2 heteroatoms. The predicted octanol–water partition coefficient (Wildman–Crippen LogP) is 2.97. The van der Waals surface area contributed by atoms with E-state index in [0.717, 1.165) is 19.7 Å². The molecule has 0 aliphatic carbocycles. The van der Waals surface area contributed by atoms with Gasteiger partial charge in [-0.1, -0.05) is 55.8 Å². The molecule has 106 valence electrons. The second-order valence-electron chi connectivity index (χ2n) is 4.06. The number of methoxy groups -OCH3 is 1. The Morgan fingerprint density at radius 1 is 1.05 bits per heavy atom. The molecule has 19 heavy (non-hydrogen) atoms. The zero-order chi connectivity index (χ0) is 14.3. The Bertz CT molecular complexity index is 344. The second kappa shape index (κ2) is 13.1. The van der Waals surface area contributed by atoms with Gasteiger partial charge in [0.05, 0.1) is 6.20 Å². The van der Waals surface area contributed by atoms with Crippen molar-refractivity contribution in [3.63, 3.8) is 0 Å². The third-order valence-electron chi connectivity index (χ3n) is 2.44. The molecule has 0 saturated carbocycles. The summed E-state index contributed by atoms with van der Waals surface area (Å²) < 4.78 is 5.01. The summed E-state index contributed by atoms with van der Waals surface area (Å²) in [5, 5.41) is 0. The predicted molar refractivity (Wildman–Crippen MR) is 83.1 cm³/mol. The highest BCUT2D eigenvalue weighted by atomic mass is 16.5. The summed E-state index contributed by atoms with van der Waals surface area (Å²) in [6.07, 6.45) is 9.75. The van der Waals surface area contributed by atoms with Crippen LogP contribution in [0.15, 0.2) is 54.8 Å². The van der Waals surface area contributed by atoms with Crippen LogP contribution in [0.5, 0.6) is 0 Å². The Morgan fingerprint density at radius 3 is 2.26 bits per heavy atom. The summed E-state index contributed by atoms with van der Waals surface area (Å²) in [5.74, 6) is 0. The van der Waals surface area contributed by atoms with Gasteiger partial charge in [-0.2, -0.15) is 0 Å². The topological polar surface area (TPSA) is 13.7 Å². The SMILES string of the molecule is CC.COC[NH+]1C=CCC=CC1.Cc1ccccc1. The van der Waals surface area contributed by atoms with Crippen LogP contribution in [-0.2, 0) is 4.74 Å². The van der Waals surface area contributed by atoms with Crippen molar-refractivity contribution < 1.29 is 9.64 Å². The van der Waals surface area contributed by atoms with Gasteiger partial charge in [-0.25, -0.2) is 0 Å². The Kier molecular flexibility index (Phi) is 12.1. The van der Waals surface area contributed by atoms with Crippen LogP contribution in [0.1, 0.15) is 25.8 Å². The highest BCUT2D eigenvalue weighted by Gasteiger charge is 2.00. The fourth-order valence-corrected chi connectivity index (χ4v) is 1.54. The minimum atomic E-state index is 0.765. The Morgan fingerprint density at radius 2 is 1.74 bits per heavy atom. The normalized spacial score (nSPS) is 16.5. The van der Waals surface area contributed by atoms with Crippen molar-refractivity contribution in [3.05, 3.63) is 60.3 Å². The fourth-order valence-electron chi connectivity index (χ4n) is 1.54. The summed E-state index contributed by atoms with van der Waals surface area (Å²) in [5.41, 5.74) is 1.32. The van der Waals surface area contributed by atoms with Gasteiger partial charge in [0.15, 0.2) is 6.73 Å². The number of quaternary nitrogens is 1. The molecule has 1 aliphatic heterocycles. The van der Waals surface area contributed by atoms with Crippen LogP contribution in [0.2, 0.25) is 0 Å². The van der Waals surface area contributed by atoms with E-state index in [2.05, 4.69) is 43.5 Å². The molecule has 2 rings (SSSR count). The van der Waals surface area contributed by atoms with Gasteiger partial charge in [0.25, 0.3) is 0 Å². The van der Waals surface area contributed by atoms with Gasteiger partial charge in [-0.3, -0.25) is 4.90 Å². The lowest BCUT2D eigenvalue weighted by atomic mass is 10.2. The lowest BCUT2D eigenvalue weighted by Gasteiger charge is -2.09.